The van der Waals surface area contributed by atoms with Gasteiger partial charge in [-0.1, -0.05) is 36.4 Å². The van der Waals surface area contributed by atoms with Crippen molar-refractivity contribution in [3.05, 3.63) is 98.8 Å². The second kappa shape index (κ2) is 12.3. The van der Waals surface area contributed by atoms with Crippen LogP contribution < -0.4 is 16.1 Å². The number of rotatable bonds is 7. The number of benzene rings is 2. The second-order valence-electron chi connectivity index (χ2n) is 11.3. The lowest BCUT2D eigenvalue weighted by Gasteiger charge is -2.36. The summed E-state index contributed by atoms with van der Waals surface area (Å²) in [6.45, 7) is 8.18. The Kier molecular flexibility index (Phi) is 8.19. The van der Waals surface area contributed by atoms with Crippen molar-refractivity contribution in [3.8, 4) is 5.69 Å². The number of pyridine rings is 1. The highest BCUT2D eigenvalue weighted by atomic mass is 16.2. The second-order valence-corrected chi connectivity index (χ2v) is 11.3. The molecule has 0 aliphatic carbocycles. The summed E-state index contributed by atoms with van der Waals surface area (Å²) < 4.78 is 2.80. The summed E-state index contributed by atoms with van der Waals surface area (Å²) >= 11 is 0. The van der Waals surface area contributed by atoms with Crippen LogP contribution in [0.25, 0.3) is 16.7 Å². The number of piperazine rings is 1. The van der Waals surface area contributed by atoms with E-state index in [0.29, 0.717) is 42.2 Å². The van der Waals surface area contributed by atoms with Gasteiger partial charge in [-0.3, -0.25) is 19.1 Å². The summed E-state index contributed by atoms with van der Waals surface area (Å²) in [6.07, 6.45) is 3.72. The Morgan fingerprint density at radius 1 is 0.786 bits per heavy atom. The van der Waals surface area contributed by atoms with E-state index in [-0.39, 0.29) is 11.3 Å². The lowest BCUT2D eigenvalue weighted by atomic mass is 10.1. The molecule has 0 saturated carbocycles. The first-order valence-electron chi connectivity index (χ1n) is 15.1. The van der Waals surface area contributed by atoms with Crippen molar-refractivity contribution < 1.29 is 4.79 Å². The third-order valence-electron chi connectivity index (χ3n) is 8.46. The minimum atomic E-state index is -0.498. The summed E-state index contributed by atoms with van der Waals surface area (Å²) in [7, 11) is 0. The highest BCUT2D eigenvalue weighted by Gasteiger charge is 2.26. The average Bonchev–Trinajstić information content (AvgIpc) is 3.03. The van der Waals surface area contributed by atoms with E-state index in [1.165, 1.54) is 10.3 Å². The summed E-state index contributed by atoms with van der Waals surface area (Å²) in [5, 5.41) is 0.219. The Bertz CT molecular complexity index is 1670. The lowest BCUT2D eigenvalue weighted by Crippen LogP contribution is -2.47. The van der Waals surface area contributed by atoms with E-state index < -0.39 is 11.2 Å². The van der Waals surface area contributed by atoms with Gasteiger partial charge in [-0.15, -0.1) is 0 Å². The standard InChI is InChI=1S/C33H38N6O3/c1-25-24-28(31(40)37-17-9-4-10-18-37)29-30(34-25)38(33(42)39(32(29)41)27-14-7-3-8-15-27)19-11-16-35-20-22-36(23-21-35)26-12-5-2-6-13-26/h2-3,5-8,12-15,24H,4,9-11,16-23H2,1H3. The van der Waals surface area contributed by atoms with Crippen LogP contribution in [0.4, 0.5) is 5.69 Å². The van der Waals surface area contributed by atoms with E-state index in [4.69, 9.17) is 0 Å². The van der Waals surface area contributed by atoms with Crippen molar-refractivity contribution in [1.82, 2.24) is 23.9 Å². The maximum Gasteiger partial charge on any atom is 0.337 e. The van der Waals surface area contributed by atoms with Crippen molar-refractivity contribution in [2.75, 3.05) is 50.7 Å². The molecule has 218 valence electrons. The molecule has 9 heteroatoms. The van der Waals surface area contributed by atoms with Gasteiger partial charge in [0.2, 0.25) is 0 Å². The van der Waals surface area contributed by atoms with Crippen LogP contribution in [0.2, 0.25) is 0 Å². The third kappa shape index (κ3) is 5.61. The minimum Gasteiger partial charge on any atom is -0.369 e. The molecule has 1 amide bonds. The highest BCUT2D eigenvalue weighted by Crippen LogP contribution is 2.21. The van der Waals surface area contributed by atoms with Crippen LogP contribution in [-0.4, -0.2) is 75.6 Å². The van der Waals surface area contributed by atoms with E-state index >= 15 is 0 Å². The van der Waals surface area contributed by atoms with Gasteiger partial charge in [0.05, 0.1) is 16.6 Å². The Morgan fingerprint density at radius 3 is 2.10 bits per heavy atom. The van der Waals surface area contributed by atoms with Gasteiger partial charge in [0.15, 0.2) is 5.65 Å². The molecule has 2 aliphatic heterocycles. The Morgan fingerprint density at radius 2 is 1.43 bits per heavy atom. The third-order valence-corrected chi connectivity index (χ3v) is 8.46. The molecule has 0 radical (unpaired) electrons. The average molecular weight is 567 g/mol. The highest BCUT2D eigenvalue weighted by molar-refractivity contribution is 6.05. The first-order chi connectivity index (χ1) is 20.5. The van der Waals surface area contributed by atoms with Crippen LogP contribution in [0.1, 0.15) is 41.7 Å². The molecule has 4 heterocycles. The summed E-state index contributed by atoms with van der Waals surface area (Å²) in [5.74, 6) is -0.164. The SMILES string of the molecule is Cc1cc(C(=O)N2CCCCC2)c2c(=O)n(-c3ccccc3)c(=O)n(CCCN3CCN(c4ccccc4)CC3)c2n1. The monoisotopic (exact) mass is 566 g/mol. The number of aromatic nitrogens is 3. The van der Waals surface area contributed by atoms with Crippen LogP contribution in [0.15, 0.2) is 76.3 Å². The van der Waals surface area contributed by atoms with E-state index in [1.807, 2.05) is 24.0 Å². The molecule has 42 heavy (non-hydrogen) atoms. The number of anilines is 1. The molecule has 2 aromatic heterocycles. The maximum atomic E-state index is 14.0. The number of carbonyl (C=O) groups excluding carboxylic acids is 1. The number of hydrogen-bond acceptors (Lipinski definition) is 6. The van der Waals surface area contributed by atoms with Crippen molar-refractivity contribution in [2.24, 2.45) is 0 Å². The van der Waals surface area contributed by atoms with E-state index in [2.05, 4.69) is 39.0 Å². The van der Waals surface area contributed by atoms with Crippen LogP contribution in [0, 0.1) is 6.92 Å². The molecule has 0 unspecified atom stereocenters. The van der Waals surface area contributed by atoms with Gasteiger partial charge in [0.1, 0.15) is 0 Å². The van der Waals surface area contributed by atoms with E-state index in [0.717, 1.165) is 58.4 Å². The number of nitrogens with zero attached hydrogens (tertiary/aromatic N) is 6. The molecule has 2 fully saturated rings. The molecule has 0 atom stereocenters. The van der Waals surface area contributed by atoms with Crippen LogP contribution in [-0.2, 0) is 6.54 Å². The van der Waals surface area contributed by atoms with Gasteiger partial charge in [0, 0.05) is 57.2 Å². The predicted octanol–water partition coefficient (Wildman–Crippen LogP) is 3.69. The quantitative estimate of drug-likeness (QED) is 0.339. The van der Waals surface area contributed by atoms with Crippen molar-refractivity contribution in [1.29, 1.82) is 0 Å². The zero-order valence-electron chi connectivity index (χ0n) is 24.2. The van der Waals surface area contributed by atoms with Crippen LogP contribution >= 0.6 is 0 Å². The molecule has 0 bridgehead atoms. The molecular weight excluding hydrogens is 528 g/mol. The molecule has 2 aliphatic rings. The van der Waals surface area contributed by atoms with Crippen LogP contribution in [0.5, 0.6) is 0 Å². The van der Waals surface area contributed by atoms with Crippen molar-refractivity contribution >= 4 is 22.6 Å². The first kappa shape index (κ1) is 27.9. The normalized spacial score (nSPS) is 16.2. The van der Waals surface area contributed by atoms with Gasteiger partial charge in [0.25, 0.3) is 11.5 Å². The largest absolute Gasteiger partial charge is 0.369 e. The molecule has 6 rings (SSSR count). The van der Waals surface area contributed by atoms with Crippen molar-refractivity contribution in [2.45, 2.75) is 39.2 Å². The van der Waals surface area contributed by atoms with Gasteiger partial charge in [-0.2, -0.15) is 0 Å². The molecule has 0 spiro atoms. The maximum absolute atomic E-state index is 14.0. The molecule has 0 N–H and O–H groups in total. The smallest absolute Gasteiger partial charge is 0.337 e. The molecule has 2 saturated heterocycles. The Labute approximate surface area is 245 Å². The number of piperidine rings is 1. The predicted molar refractivity (Wildman–Crippen MR) is 166 cm³/mol. The van der Waals surface area contributed by atoms with Gasteiger partial charge < -0.3 is 9.80 Å². The first-order valence-corrected chi connectivity index (χ1v) is 15.1. The fourth-order valence-corrected chi connectivity index (χ4v) is 6.24. The molecular formula is C33H38N6O3. The summed E-state index contributed by atoms with van der Waals surface area (Å²) in [6, 6.07) is 21.1. The number of carbonyl (C=O) groups is 1. The number of para-hydroxylation sites is 2. The lowest BCUT2D eigenvalue weighted by molar-refractivity contribution is 0.0726. The topological polar surface area (TPSA) is 83.7 Å². The van der Waals surface area contributed by atoms with Crippen LogP contribution in [0.3, 0.4) is 0 Å². The number of likely N-dealkylation sites (tertiary alicyclic amines) is 1. The van der Waals surface area contributed by atoms with Gasteiger partial charge in [-0.25, -0.2) is 14.3 Å². The zero-order chi connectivity index (χ0) is 29.1. The number of aryl methyl sites for hydroxylation is 2. The van der Waals surface area contributed by atoms with Gasteiger partial charge >= 0.3 is 5.69 Å². The summed E-state index contributed by atoms with van der Waals surface area (Å²) in [5.41, 5.74) is 2.05. The fourth-order valence-electron chi connectivity index (χ4n) is 6.24. The molecule has 4 aromatic rings. The fraction of sp³-hybridized carbons (Fsp3) is 0.394. The molecule has 2 aromatic carbocycles. The Balaban J connectivity index is 1.32. The van der Waals surface area contributed by atoms with Crippen molar-refractivity contribution in [3.63, 3.8) is 0 Å². The number of hydrogen-bond donors (Lipinski definition) is 0. The summed E-state index contributed by atoms with van der Waals surface area (Å²) in [4.78, 5) is 53.1. The van der Waals surface area contributed by atoms with E-state index in [9.17, 15) is 14.4 Å². The Hall–Kier alpha value is -4.24. The van der Waals surface area contributed by atoms with E-state index in [1.54, 1.807) is 34.9 Å². The van der Waals surface area contributed by atoms with Gasteiger partial charge in [-0.05, 0) is 69.5 Å². The minimum absolute atomic E-state index is 0.164. The molecule has 9 nitrogen and oxygen atoms in total. The zero-order valence-corrected chi connectivity index (χ0v) is 24.2. The number of fused-ring (bicyclic) bond motifs is 1. The number of amides is 1.